The lowest BCUT2D eigenvalue weighted by atomic mass is 10.1. The van der Waals surface area contributed by atoms with Crippen LogP contribution in [0.5, 0.6) is 5.75 Å². The molecule has 3 rings (SSSR count). The summed E-state index contributed by atoms with van der Waals surface area (Å²) in [7, 11) is 1.56. The number of carbonyl (C=O) groups excluding carboxylic acids is 1. The number of rotatable bonds is 5. The summed E-state index contributed by atoms with van der Waals surface area (Å²) in [4.78, 5) is 17.5. The predicted octanol–water partition coefficient (Wildman–Crippen LogP) is 4.88. The number of hydrogen-bond acceptors (Lipinski definition) is 2. The van der Waals surface area contributed by atoms with Crippen LogP contribution in [-0.4, -0.2) is 29.6 Å². The summed E-state index contributed by atoms with van der Waals surface area (Å²) in [6.07, 6.45) is 1.91. The molecular formula is C19H20ClN3O2. The summed E-state index contributed by atoms with van der Waals surface area (Å²) in [6, 6.07) is 13.2. The van der Waals surface area contributed by atoms with Crippen LogP contribution in [0.2, 0.25) is 5.02 Å². The normalized spacial score (nSPS) is 10.7. The van der Waals surface area contributed by atoms with E-state index >= 15 is 0 Å². The molecule has 0 bridgehead atoms. The molecule has 6 heteroatoms. The lowest BCUT2D eigenvalue weighted by Crippen LogP contribution is -2.34. The number of urea groups is 1. The number of hydrogen-bond donors (Lipinski definition) is 2. The molecule has 0 fully saturated rings. The second kappa shape index (κ2) is 7.49. The van der Waals surface area contributed by atoms with E-state index in [4.69, 9.17) is 16.3 Å². The molecule has 25 heavy (non-hydrogen) atoms. The van der Waals surface area contributed by atoms with Crippen LogP contribution in [0.3, 0.4) is 0 Å². The highest BCUT2D eigenvalue weighted by molar-refractivity contribution is 6.32. The Morgan fingerprint density at radius 2 is 2.08 bits per heavy atom. The van der Waals surface area contributed by atoms with Gasteiger partial charge in [0.15, 0.2) is 0 Å². The van der Waals surface area contributed by atoms with Gasteiger partial charge in [-0.05, 0) is 54.3 Å². The number of methoxy groups -OCH3 is 1. The van der Waals surface area contributed by atoms with Crippen molar-refractivity contribution in [3.05, 3.63) is 59.2 Å². The third kappa shape index (κ3) is 3.88. The Bertz CT molecular complexity index is 891. The quantitative estimate of drug-likeness (QED) is 0.683. The van der Waals surface area contributed by atoms with Gasteiger partial charge in [-0.2, -0.15) is 0 Å². The molecule has 0 aliphatic heterocycles. The maximum absolute atomic E-state index is 12.6. The number of H-pyrrole nitrogens is 1. The number of anilines is 1. The first kappa shape index (κ1) is 17.2. The fraction of sp³-hybridized carbons (Fsp3) is 0.211. The molecule has 0 saturated carbocycles. The number of nitrogens with one attached hydrogen (secondary N) is 2. The molecule has 0 aliphatic rings. The number of carbonyl (C=O) groups is 1. The molecule has 1 heterocycles. The van der Waals surface area contributed by atoms with Crippen LogP contribution in [0.4, 0.5) is 10.5 Å². The summed E-state index contributed by atoms with van der Waals surface area (Å²) < 4.78 is 5.12. The van der Waals surface area contributed by atoms with Gasteiger partial charge in [0.25, 0.3) is 0 Å². The van der Waals surface area contributed by atoms with Crippen molar-refractivity contribution < 1.29 is 9.53 Å². The average Bonchev–Trinajstić information content (AvgIpc) is 3.07. The zero-order chi connectivity index (χ0) is 17.8. The molecule has 1 aromatic heterocycles. The molecule has 130 valence electrons. The lowest BCUT2D eigenvalue weighted by Gasteiger charge is -2.22. The zero-order valence-corrected chi connectivity index (χ0v) is 14.9. The first-order valence-electron chi connectivity index (χ1n) is 8.06. The molecule has 0 radical (unpaired) electrons. The van der Waals surface area contributed by atoms with Crippen molar-refractivity contribution in [3.63, 3.8) is 0 Å². The van der Waals surface area contributed by atoms with E-state index in [1.165, 1.54) is 0 Å². The second-order valence-electron chi connectivity index (χ2n) is 5.69. The third-order valence-corrected chi connectivity index (χ3v) is 4.36. The minimum Gasteiger partial charge on any atom is -0.495 e. The predicted molar refractivity (Wildman–Crippen MR) is 101 cm³/mol. The first-order valence-corrected chi connectivity index (χ1v) is 8.44. The number of ether oxygens (including phenoxy) is 1. The fourth-order valence-corrected chi connectivity index (χ4v) is 2.95. The lowest BCUT2D eigenvalue weighted by molar-refractivity contribution is 0.212. The molecule has 5 nitrogen and oxygen atoms in total. The van der Waals surface area contributed by atoms with Crippen LogP contribution in [-0.2, 0) is 6.54 Å². The molecule has 0 aliphatic carbocycles. The van der Waals surface area contributed by atoms with Gasteiger partial charge in [-0.15, -0.1) is 0 Å². The maximum Gasteiger partial charge on any atom is 0.322 e. The van der Waals surface area contributed by atoms with Crippen molar-refractivity contribution in [2.24, 2.45) is 0 Å². The standard InChI is InChI=1S/C19H20ClN3O2/c1-3-23(12-13-4-6-17-14(10-13)8-9-21-17)19(24)22-15-5-7-18(25-2)16(20)11-15/h4-11,21H,3,12H2,1-2H3,(H,22,24). The van der Waals surface area contributed by atoms with Crippen molar-refractivity contribution >= 4 is 34.2 Å². The highest BCUT2D eigenvalue weighted by atomic mass is 35.5. The highest BCUT2D eigenvalue weighted by Crippen LogP contribution is 2.27. The largest absolute Gasteiger partial charge is 0.495 e. The number of halogens is 1. The van der Waals surface area contributed by atoms with E-state index in [2.05, 4.69) is 16.4 Å². The van der Waals surface area contributed by atoms with E-state index in [0.29, 0.717) is 29.5 Å². The molecule has 0 atom stereocenters. The van der Waals surface area contributed by atoms with Crippen LogP contribution in [0.1, 0.15) is 12.5 Å². The number of nitrogens with zero attached hydrogens (tertiary/aromatic N) is 1. The summed E-state index contributed by atoms with van der Waals surface area (Å²) in [5.74, 6) is 0.576. The Morgan fingerprint density at radius 3 is 2.80 bits per heavy atom. The monoisotopic (exact) mass is 357 g/mol. The average molecular weight is 358 g/mol. The van der Waals surface area contributed by atoms with Crippen LogP contribution >= 0.6 is 11.6 Å². The summed E-state index contributed by atoms with van der Waals surface area (Å²) in [5, 5.41) is 4.47. The molecule has 0 unspecified atom stereocenters. The Morgan fingerprint density at radius 1 is 1.24 bits per heavy atom. The molecular weight excluding hydrogens is 338 g/mol. The van der Waals surface area contributed by atoms with Gasteiger partial charge in [0.05, 0.1) is 12.1 Å². The topological polar surface area (TPSA) is 57.4 Å². The number of fused-ring (bicyclic) bond motifs is 1. The summed E-state index contributed by atoms with van der Waals surface area (Å²) >= 11 is 6.11. The zero-order valence-electron chi connectivity index (χ0n) is 14.2. The summed E-state index contributed by atoms with van der Waals surface area (Å²) in [6.45, 7) is 3.09. The van der Waals surface area contributed by atoms with Gasteiger partial charge in [-0.1, -0.05) is 17.7 Å². The molecule has 3 aromatic rings. The molecule has 2 aromatic carbocycles. The maximum atomic E-state index is 12.6. The van der Waals surface area contributed by atoms with E-state index in [9.17, 15) is 4.79 Å². The number of amides is 2. The van der Waals surface area contributed by atoms with Crippen molar-refractivity contribution in [1.29, 1.82) is 0 Å². The number of aromatic nitrogens is 1. The van der Waals surface area contributed by atoms with Crippen molar-refractivity contribution in [1.82, 2.24) is 9.88 Å². The van der Waals surface area contributed by atoms with E-state index in [-0.39, 0.29) is 6.03 Å². The van der Waals surface area contributed by atoms with Gasteiger partial charge in [0, 0.05) is 30.5 Å². The van der Waals surface area contributed by atoms with Gasteiger partial charge >= 0.3 is 6.03 Å². The van der Waals surface area contributed by atoms with Crippen LogP contribution < -0.4 is 10.1 Å². The van der Waals surface area contributed by atoms with E-state index in [1.54, 1.807) is 30.2 Å². The van der Waals surface area contributed by atoms with Gasteiger partial charge in [-0.3, -0.25) is 0 Å². The minimum absolute atomic E-state index is 0.169. The number of aromatic amines is 1. The van der Waals surface area contributed by atoms with Crippen molar-refractivity contribution in [2.45, 2.75) is 13.5 Å². The highest BCUT2D eigenvalue weighted by Gasteiger charge is 2.13. The molecule has 2 N–H and O–H groups in total. The van der Waals surface area contributed by atoms with Crippen LogP contribution in [0, 0.1) is 0 Å². The first-order chi connectivity index (χ1) is 12.1. The van der Waals surface area contributed by atoms with E-state index in [1.807, 2.05) is 31.3 Å². The molecule has 0 spiro atoms. The van der Waals surface area contributed by atoms with Crippen LogP contribution in [0.25, 0.3) is 10.9 Å². The minimum atomic E-state index is -0.169. The SMILES string of the molecule is CCN(Cc1ccc2[nH]ccc2c1)C(=O)Nc1ccc(OC)c(Cl)c1. The second-order valence-corrected chi connectivity index (χ2v) is 6.10. The third-order valence-electron chi connectivity index (χ3n) is 4.06. The fourth-order valence-electron chi connectivity index (χ4n) is 2.70. The Labute approximate surface area is 151 Å². The van der Waals surface area contributed by atoms with E-state index in [0.717, 1.165) is 16.5 Å². The van der Waals surface area contributed by atoms with E-state index < -0.39 is 0 Å². The number of benzene rings is 2. The van der Waals surface area contributed by atoms with Crippen molar-refractivity contribution in [3.8, 4) is 5.75 Å². The Kier molecular flexibility index (Phi) is 5.14. The molecule has 2 amide bonds. The van der Waals surface area contributed by atoms with Gasteiger partial charge in [-0.25, -0.2) is 4.79 Å². The smallest absolute Gasteiger partial charge is 0.322 e. The van der Waals surface area contributed by atoms with Gasteiger partial charge in [0.1, 0.15) is 5.75 Å². The van der Waals surface area contributed by atoms with Gasteiger partial charge in [0.2, 0.25) is 0 Å². The Hall–Kier alpha value is -2.66. The molecule has 0 saturated heterocycles. The van der Waals surface area contributed by atoms with Gasteiger partial charge < -0.3 is 19.9 Å². The van der Waals surface area contributed by atoms with Crippen LogP contribution in [0.15, 0.2) is 48.7 Å². The van der Waals surface area contributed by atoms with Crippen molar-refractivity contribution in [2.75, 3.05) is 19.0 Å². The Balaban J connectivity index is 1.71. The summed E-state index contributed by atoms with van der Waals surface area (Å²) in [5.41, 5.74) is 2.80.